The summed E-state index contributed by atoms with van der Waals surface area (Å²) in [6, 6.07) is 1.26. The van der Waals surface area contributed by atoms with Crippen molar-refractivity contribution in [2.24, 2.45) is 0 Å². The van der Waals surface area contributed by atoms with Crippen molar-refractivity contribution in [3.8, 4) is 0 Å². The molecule has 0 unspecified atom stereocenters. The molecule has 2 heterocycles. The molecule has 1 saturated carbocycles. The van der Waals surface area contributed by atoms with Crippen molar-refractivity contribution in [2.45, 2.75) is 38.0 Å². The molecule has 26 heavy (non-hydrogen) atoms. The highest BCUT2D eigenvalue weighted by Gasteiger charge is 2.41. The molecule has 2 aromatic rings. The van der Waals surface area contributed by atoms with Crippen LogP contribution in [0.2, 0.25) is 0 Å². The molecule has 1 aliphatic rings. The van der Waals surface area contributed by atoms with Crippen molar-refractivity contribution >= 4 is 17.5 Å². The number of rotatable bonds is 6. The smallest absolute Gasteiger partial charge is 0.364 e. The molecule has 0 spiro atoms. The number of halogens is 3. The molecule has 2 N–H and O–H groups in total. The minimum Gasteiger partial charge on any atom is -0.364 e. The van der Waals surface area contributed by atoms with Gasteiger partial charge < -0.3 is 10.6 Å². The van der Waals surface area contributed by atoms with Crippen LogP contribution in [0.3, 0.4) is 0 Å². The standard InChI is InChI=1S/C16H17F3N6O/c1-3-6-25-12(26)7-10(8-21-25)22-14-20-9-11(16(17,18)19)13(23-14)24-15(2)4-5-15/h3,7-9H,1,4-6H2,2H3,(H2,20,22,23,24). The number of hydrogen-bond donors (Lipinski definition) is 2. The second kappa shape index (κ2) is 6.43. The van der Waals surface area contributed by atoms with Crippen molar-refractivity contribution in [3.63, 3.8) is 0 Å². The normalized spacial score (nSPS) is 15.4. The molecule has 1 aliphatic carbocycles. The number of allylic oxidation sites excluding steroid dienone is 1. The van der Waals surface area contributed by atoms with Crippen LogP contribution in [0, 0.1) is 0 Å². The number of anilines is 3. The number of nitrogens with one attached hydrogen (secondary N) is 2. The summed E-state index contributed by atoms with van der Waals surface area (Å²) in [4.78, 5) is 19.5. The van der Waals surface area contributed by atoms with Crippen LogP contribution in [0.25, 0.3) is 0 Å². The summed E-state index contributed by atoms with van der Waals surface area (Å²) in [5.41, 5.74) is -1.43. The van der Waals surface area contributed by atoms with Gasteiger partial charge in [-0.15, -0.1) is 6.58 Å². The summed E-state index contributed by atoms with van der Waals surface area (Å²) in [5.74, 6) is -0.352. The van der Waals surface area contributed by atoms with E-state index in [-0.39, 0.29) is 29.6 Å². The molecule has 10 heteroatoms. The molecule has 0 aromatic carbocycles. The summed E-state index contributed by atoms with van der Waals surface area (Å²) in [7, 11) is 0. The Morgan fingerprint density at radius 3 is 2.69 bits per heavy atom. The summed E-state index contributed by atoms with van der Waals surface area (Å²) in [6.45, 7) is 5.60. The van der Waals surface area contributed by atoms with Gasteiger partial charge in [0, 0.05) is 17.8 Å². The summed E-state index contributed by atoms with van der Waals surface area (Å²) in [6.07, 6.45) is 0.567. The van der Waals surface area contributed by atoms with Gasteiger partial charge in [-0.05, 0) is 19.8 Å². The fourth-order valence-electron chi connectivity index (χ4n) is 2.23. The maximum atomic E-state index is 13.2. The van der Waals surface area contributed by atoms with Crippen molar-refractivity contribution in [2.75, 3.05) is 10.6 Å². The molecule has 0 amide bonds. The largest absolute Gasteiger partial charge is 0.421 e. The number of hydrogen-bond acceptors (Lipinski definition) is 6. The first kappa shape index (κ1) is 17.9. The van der Waals surface area contributed by atoms with E-state index in [0.717, 1.165) is 19.0 Å². The zero-order chi connectivity index (χ0) is 18.9. The zero-order valence-electron chi connectivity index (χ0n) is 14.0. The first-order valence-corrected chi connectivity index (χ1v) is 7.88. The van der Waals surface area contributed by atoms with Gasteiger partial charge in [-0.3, -0.25) is 4.79 Å². The fourth-order valence-corrected chi connectivity index (χ4v) is 2.23. The van der Waals surface area contributed by atoms with Crippen LogP contribution in [0.1, 0.15) is 25.3 Å². The van der Waals surface area contributed by atoms with Crippen molar-refractivity contribution in [1.82, 2.24) is 19.7 Å². The van der Waals surface area contributed by atoms with E-state index in [0.29, 0.717) is 0 Å². The van der Waals surface area contributed by atoms with Gasteiger partial charge in [0.15, 0.2) is 0 Å². The molecule has 1 fully saturated rings. The van der Waals surface area contributed by atoms with Crippen molar-refractivity contribution < 1.29 is 13.2 Å². The third-order valence-corrected chi connectivity index (χ3v) is 3.94. The Hall–Kier alpha value is -2.91. The Morgan fingerprint density at radius 2 is 2.12 bits per heavy atom. The van der Waals surface area contributed by atoms with Crippen LogP contribution in [-0.4, -0.2) is 25.3 Å². The highest BCUT2D eigenvalue weighted by atomic mass is 19.4. The Kier molecular flexibility index (Phi) is 4.43. The monoisotopic (exact) mass is 366 g/mol. The average Bonchev–Trinajstić information content (AvgIpc) is 3.26. The maximum absolute atomic E-state index is 13.2. The van der Waals surface area contributed by atoms with Crippen LogP contribution in [-0.2, 0) is 12.7 Å². The Morgan fingerprint density at radius 1 is 1.38 bits per heavy atom. The van der Waals surface area contributed by atoms with E-state index in [1.54, 1.807) is 0 Å². The lowest BCUT2D eigenvalue weighted by Crippen LogP contribution is -2.22. The molecule has 138 valence electrons. The van der Waals surface area contributed by atoms with Crippen LogP contribution >= 0.6 is 0 Å². The number of nitrogens with zero attached hydrogens (tertiary/aromatic N) is 4. The summed E-state index contributed by atoms with van der Waals surface area (Å²) in [5, 5.41) is 9.47. The lowest BCUT2D eigenvalue weighted by atomic mass is 10.2. The second-order valence-electron chi connectivity index (χ2n) is 6.32. The van der Waals surface area contributed by atoms with E-state index in [1.807, 2.05) is 6.92 Å². The van der Waals surface area contributed by atoms with Gasteiger partial charge in [0.05, 0.1) is 18.4 Å². The molecule has 7 nitrogen and oxygen atoms in total. The van der Waals surface area contributed by atoms with Gasteiger partial charge in [-0.1, -0.05) is 6.08 Å². The molecule has 0 aliphatic heterocycles. The van der Waals surface area contributed by atoms with Crippen LogP contribution in [0.5, 0.6) is 0 Å². The van der Waals surface area contributed by atoms with Gasteiger partial charge in [-0.25, -0.2) is 9.67 Å². The Bertz CT molecular complexity index is 888. The minimum atomic E-state index is -4.57. The summed E-state index contributed by atoms with van der Waals surface area (Å²) < 4.78 is 40.7. The molecule has 0 atom stereocenters. The van der Waals surface area contributed by atoms with E-state index in [9.17, 15) is 18.0 Å². The van der Waals surface area contributed by atoms with Crippen LogP contribution < -0.4 is 16.2 Å². The van der Waals surface area contributed by atoms with Gasteiger partial charge in [0.2, 0.25) is 5.95 Å². The van der Waals surface area contributed by atoms with Gasteiger partial charge >= 0.3 is 6.18 Å². The van der Waals surface area contributed by atoms with Gasteiger partial charge in [-0.2, -0.15) is 23.3 Å². The SMILES string of the molecule is C=CCn1ncc(Nc2ncc(C(F)(F)F)c(NC3(C)CC3)n2)cc1=O. The molecular formula is C16H17F3N6O. The number of aromatic nitrogens is 4. The number of alkyl halides is 3. The molecule has 3 rings (SSSR count). The van der Waals surface area contributed by atoms with E-state index in [4.69, 9.17) is 0 Å². The van der Waals surface area contributed by atoms with Gasteiger partial charge in [0.1, 0.15) is 11.4 Å². The zero-order valence-corrected chi connectivity index (χ0v) is 14.0. The highest BCUT2D eigenvalue weighted by molar-refractivity contribution is 5.56. The topological polar surface area (TPSA) is 84.7 Å². The van der Waals surface area contributed by atoms with Crippen molar-refractivity contribution in [1.29, 1.82) is 0 Å². The minimum absolute atomic E-state index is 0.0626. The lowest BCUT2D eigenvalue weighted by Gasteiger charge is -2.18. The lowest BCUT2D eigenvalue weighted by molar-refractivity contribution is -0.137. The van der Waals surface area contributed by atoms with Gasteiger partial charge in [0.25, 0.3) is 5.56 Å². The van der Waals surface area contributed by atoms with Crippen LogP contribution in [0.4, 0.5) is 30.6 Å². The Balaban J connectivity index is 1.88. The average molecular weight is 366 g/mol. The van der Waals surface area contributed by atoms with E-state index in [1.165, 1.54) is 23.0 Å². The third kappa shape index (κ3) is 4.01. The fraction of sp³-hybridized carbons (Fsp3) is 0.375. The predicted molar refractivity (Wildman–Crippen MR) is 90.3 cm³/mol. The summed E-state index contributed by atoms with van der Waals surface area (Å²) >= 11 is 0. The molecule has 2 aromatic heterocycles. The predicted octanol–water partition coefficient (Wildman–Crippen LogP) is 2.95. The first-order chi connectivity index (χ1) is 12.2. The van der Waals surface area contributed by atoms with E-state index in [2.05, 4.69) is 32.3 Å². The third-order valence-electron chi connectivity index (χ3n) is 3.94. The highest BCUT2D eigenvalue weighted by Crippen LogP contribution is 2.41. The molecule has 0 bridgehead atoms. The Labute approximate surface area is 147 Å². The molecular weight excluding hydrogens is 349 g/mol. The maximum Gasteiger partial charge on any atom is 0.421 e. The second-order valence-corrected chi connectivity index (χ2v) is 6.32. The molecule has 0 radical (unpaired) electrons. The molecule has 0 saturated heterocycles. The van der Waals surface area contributed by atoms with E-state index < -0.39 is 17.3 Å². The van der Waals surface area contributed by atoms with Crippen LogP contribution in [0.15, 0.2) is 35.9 Å². The van der Waals surface area contributed by atoms with E-state index >= 15 is 0 Å². The quantitative estimate of drug-likeness (QED) is 0.765. The van der Waals surface area contributed by atoms with Crippen molar-refractivity contribution in [3.05, 3.63) is 47.0 Å². The first-order valence-electron chi connectivity index (χ1n) is 7.88.